The maximum absolute atomic E-state index is 11.4. The first-order valence-electron chi connectivity index (χ1n) is 6.28. The third-order valence-electron chi connectivity index (χ3n) is 2.47. The van der Waals surface area contributed by atoms with Crippen molar-refractivity contribution in [3.05, 3.63) is 0 Å². The fraction of sp³-hybridized carbons (Fsp3) is 0.917. The molecule has 102 valence electrons. The smallest absolute Gasteiger partial charge is 0.234 e. The van der Waals surface area contributed by atoms with Crippen LogP contribution in [0.1, 0.15) is 20.3 Å². The number of carbonyl (C=O) groups excluding carboxylic acids is 1. The van der Waals surface area contributed by atoms with Gasteiger partial charge in [0.05, 0.1) is 19.8 Å². The molecule has 5 heteroatoms. The number of hydrogen-bond acceptors (Lipinski definition) is 4. The van der Waals surface area contributed by atoms with Crippen LogP contribution in [-0.4, -0.2) is 63.8 Å². The minimum absolute atomic E-state index is 0.0292. The molecule has 5 nitrogen and oxygen atoms in total. The number of rotatable bonds is 10. The van der Waals surface area contributed by atoms with E-state index in [1.165, 1.54) is 0 Å². The Morgan fingerprint density at radius 3 is 2.65 bits per heavy atom. The molecule has 1 atom stereocenters. The first-order chi connectivity index (χ1) is 8.06. The minimum Gasteiger partial charge on any atom is -0.378 e. The molecule has 0 saturated heterocycles. The summed E-state index contributed by atoms with van der Waals surface area (Å²) in [6.07, 6.45) is 1.03. The molecule has 0 rings (SSSR count). The van der Waals surface area contributed by atoms with Crippen LogP contribution in [0.15, 0.2) is 0 Å². The van der Waals surface area contributed by atoms with Gasteiger partial charge in [0.2, 0.25) is 5.91 Å². The van der Waals surface area contributed by atoms with Gasteiger partial charge in [-0.3, -0.25) is 4.79 Å². The maximum Gasteiger partial charge on any atom is 0.234 e. The first kappa shape index (κ1) is 16.4. The largest absolute Gasteiger partial charge is 0.378 e. The maximum atomic E-state index is 11.4. The molecule has 0 spiro atoms. The molecule has 0 saturated carbocycles. The number of likely N-dealkylation sites (N-methyl/N-ethyl adjacent to an activating group) is 1. The lowest BCUT2D eigenvalue weighted by atomic mass is 10.2. The predicted octanol–water partition coefficient (Wildman–Crippen LogP) is 0.0689. The van der Waals surface area contributed by atoms with Crippen molar-refractivity contribution in [1.82, 2.24) is 15.5 Å². The van der Waals surface area contributed by atoms with E-state index < -0.39 is 0 Å². The van der Waals surface area contributed by atoms with Crippen molar-refractivity contribution in [2.24, 2.45) is 0 Å². The molecule has 0 aliphatic carbocycles. The molecule has 1 amide bonds. The van der Waals surface area contributed by atoms with E-state index in [0.717, 1.165) is 13.0 Å². The zero-order chi connectivity index (χ0) is 13.1. The average molecular weight is 245 g/mol. The average Bonchev–Trinajstić information content (AvgIpc) is 2.30. The summed E-state index contributed by atoms with van der Waals surface area (Å²) in [6.45, 7) is 7.30. The second kappa shape index (κ2) is 10.5. The highest BCUT2D eigenvalue weighted by atomic mass is 16.5. The van der Waals surface area contributed by atoms with Gasteiger partial charge in [-0.2, -0.15) is 0 Å². The van der Waals surface area contributed by atoms with Crippen LogP contribution in [0.3, 0.4) is 0 Å². The zero-order valence-electron chi connectivity index (χ0n) is 11.6. The molecular formula is C12H27N3O2. The predicted molar refractivity (Wildman–Crippen MR) is 70.1 cm³/mol. The standard InChI is InChI=1S/C12H27N3O2/c1-5-11(2)14-10-12(16)13-6-8-17-9-7-15(3)4/h11,14H,5-10H2,1-4H3,(H,13,16). The molecule has 17 heavy (non-hydrogen) atoms. The van der Waals surface area contributed by atoms with Gasteiger partial charge in [0.25, 0.3) is 0 Å². The topological polar surface area (TPSA) is 53.6 Å². The van der Waals surface area contributed by atoms with Gasteiger partial charge in [0.1, 0.15) is 0 Å². The monoisotopic (exact) mass is 245 g/mol. The van der Waals surface area contributed by atoms with Crippen molar-refractivity contribution in [2.45, 2.75) is 26.3 Å². The number of ether oxygens (including phenoxy) is 1. The molecule has 0 aromatic heterocycles. The van der Waals surface area contributed by atoms with Crippen LogP contribution in [0.4, 0.5) is 0 Å². The van der Waals surface area contributed by atoms with Gasteiger partial charge in [-0.05, 0) is 27.4 Å². The third-order valence-corrected chi connectivity index (χ3v) is 2.47. The van der Waals surface area contributed by atoms with Crippen LogP contribution >= 0.6 is 0 Å². The highest BCUT2D eigenvalue weighted by Crippen LogP contribution is 1.85. The zero-order valence-corrected chi connectivity index (χ0v) is 11.6. The van der Waals surface area contributed by atoms with Crippen molar-refractivity contribution >= 4 is 5.91 Å². The van der Waals surface area contributed by atoms with Crippen LogP contribution < -0.4 is 10.6 Å². The van der Waals surface area contributed by atoms with E-state index in [1.54, 1.807) is 0 Å². The third kappa shape index (κ3) is 11.6. The van der Waals surface area contributed by atoms with Crippen molar-refractivity contribution in [1.29, 1.82) is 0 Å². The minimum atomic E-state index is 0.0292. The van der Waals surface area contributed by atoms with Crippen molar-refractivity contribution < 1.29 is 9.53 Å². The van der Waals surface area contributed by atoms with Crippen molar-refractivity contribution in [2.75, 3.05) is 46.9 Å². The molecule has 0 aromatic carbocycles. The number of nitrogens with one attached hydrogen (secondary N) is 2. The molecule has 0 aliphatic heterocycles. The summed E-state index contributed by atoms with van der Waals surface area (Å²) in [4.78, 5) is 13.4. The Labute approximate surface area is 105 Å². The van der Waals surface area contributed by atoms with Crippen LogP contribution in [0.5, 0.6) is 0 Å². The Morgan fingerprint density at radius 1 is 1.35 bits per heavy atom. The molecule has 2 N–H and O–H groups in total. The lowest BCUT2D eigenvalue weighted by Crippen LogP contribution is -2.39. The van der Waals surface area contributed by atoms with Crippen LogP contribution in [0.2, 0.25) is 0 Å². The summed E-state index contributed by atoms with van der Waals surface area (Å²) in [5.41, 5.74) is 0. The van der Waals surface area contributed by atoms with Gasteiger partial charge in [-0.25, -0.2) is 0 Å². The number of amides is 1. The molecule has 0 radical (unpaired) electrons. The summed E-state index contributed by atoms with van der Waals surface area (Å²) >= 11 is 0. The van der Waals surface area contributed by atoms with E-state index in [9.17, 15) is 4.79 Å². The fourth-order valence-corrected chi connectivity index (χ4v) is 1.09. The van der Waals surface area contributed by atoms with Gasteiger partial charge in [0, 0.05) is 19.1 Å². The molecule has 0 heterocycles. The summed E-state index contributed by atoms with van der Waals surface area (Å²) < 4.78 is 5.36. The Balaban J connectivity index is 3.28. The van der Waals surface area contributed by atoms with Crippen LogP contribution in [0, 0.1) is 0 Å². The normalized spacial score (nSPS) is 12.8. The Kier molecular flexibility index (Phi) is 10.1. The quantitative estimate of drug-likeness (QED) is 0.535. The molecule has 0 bridgehead atoms. The van der Waals surface area contributed by atoms with Gasteiger partial charge in [-0.15, -0.1) is 0 Å². The number of carbonyl (C=O) groups is 1. The first-order valence-corrected chi connectivity index (χ1v) is 6.28. The van der Waals surface area contributed by atoms with E-state index in [-0.39, 0.29) is 5.91 Å². The summed E-state index contributed by atoms with van der Waals surface area (Å²) in [5.74, 6) is 0.0292. The second-order valence-electron chi connectivity index (χ2n) is 4.46. The number of hydrogen-bond donors (Lipinski definition) is 2. The number of nitrogens with zero attached hydrogens (tertiary/aromatic N) is 1. The SMILES string of the molecule is CCC(C)NCC(=O)NCCOCCN(C)C. The Hall–Kier alpha value is -0.650. The van der Waals surface area contributed by atoms with Gasteiger partial charge in [0.15, 0.2) is 0 Å². The van der Waals surface area contributed by atoms with E-state index in [0.29, 0.717) is 32.3 Å². The van der Waals surface area contributed by atoms with E-state index in [2.05, 4.69) is 29.4 Å². The molecular weight excluding hydrogens is 218 g/mol. The van der Waals surface area contributed by atoms with Crippen molar-refractivity contribution in [3.63, 3.8) is 0 Å². The lowest BCUT2D eigenvalue weighted by Gasteiger charge is -2.12. The molecule has 0 aromatic rings. The Morgan fingerprint density at radius 2 is 2.06 bits per heavy atom. The summed E-state index contributed by atoms with van der Waals surface area (Å²) in [6, 6.07) is 0.386. The van der Waals surface area contributed by atoms with Gasteiger partial charge < -0.3 is 20.3 Å². The lowest BCUT2D eigenvalue weighted by molar-refractivity contribution is -0.120. The van der Waals surface area contributed by atoms with E-state index in [1.807, 2.05) is 14.1 Å². The molecule has 0 fully saturated rings. The fourth-order valence-electron chi connectivity index (χ4n) is 1.09. The van der Waals surface area contributed by atoms with Crippen molar-refractivity contribution in [3.8, 4) is 0 Å². The van der Waals surface area contributed by atoms with Gasteiger partial charge in [-0.1, -0.05) is 6.92 Å². The highest BCUT2D eigenvalue weighted by molar-refractivity contribution is 5.77. The highest BCUT2D eigenvalue weighted by Gasteiger charge is 2.02. The summed E-state index contributed by atoms with van der Waals surface area (Å²) in [5, 5.41) is 5.95. The second-order valence-corrected chi connectivity index (χ2v) is 4.46. The summed E-state index contributed by atoms with van der Waals surface area (Å²) in [7, 11) is 4.01. The molecule has 0 aliphatic rings. The van der Waals surface area contributed by atoms with Crippen LogP contribution in [0.25, 0.3) is 0 Å². The van der Waals surface area contributed by atoms with E-state index >= 15 is 0 Å². The molecule has 1 unspecified atom stereocenters. The van der Waals surface area contributed by atoms with Crippen LogP contribution in [-0.2, 0) is 9.53 Å². The Bertz CT molecular complexity index is 198. The van der Waals surface area contributed by atoms with Gasteiger partial charge >= 0.3 is 0 Å². The van der Waals surface area contributed by atoms with E-state index in [4.69, 9.17) is 4.74 Å².